The number of hydrogen-bond acceptors (Lipinski definition) is 5. The molecule has 3 aromatic rings. The second kappa shape index (κ2) is 8.41. The van der Waals surface area contributed by atoms with Gasteiger partial charge in [-0.2, -0.15) is 0 Å². The molecule has 2 heterocycles. The summed E-state index contributed by atoms with van der Waals surface area (Å²) in [5, 5.41) is 0. The van der Waals surface area contributed by atoms with Crippen molar-refractivity contribution in [3.8, 4) is 5.75 Å². The number of ketones is 1. The zero-order chi connectivity index (χ0) is 23.0. The lowest BCUT2D eigenvalue weighted by molar-refractivity contribution is -0.160. The number of aromatic nitrogens is 2. The van der Waals surface area contributed by atoms with Gasteiger partial charge in [-0.3, -0.25) is 14.0 Å². The van der Waals surface area contributed by atoms with Crippen LogP contribution >= 0.6 is 0 Å². The summed E-state index contributed by atoms with van der Waals surface area (Å²) in [6.07, 6.45) is 2.64. The number of hydrogen-bond donors (Lipinski definition) is 0. The van der Waals surface area contributed by atoms with Crippen molar-refractivity contribution in [1.82, 2.24) is 9.38 Å². The van der Waals surface area contributed by atoms with E-state index in [0.717, 1.165) is 11.1 Å². The minimum Gasteiger partial charge on any atom is -0.490 e. The van der Waals surface area contributed by atoms with E-state index >= 15 is 0 Å². The lowest BCUT2D eigenvalue weighted by atomic mass is 9.87. The Kier molecular flexibility index (Phi) is 5.80. The third-order valence-electron chi connectivity index (χ3n) is 5.85. The molecule has 0 aliphatic heterocycles. The normalized spacial score (nSPS) is 17.9. The molecule has 1 aliphatic rings. The summed E-state index contributed by atoms with van der Waals surface area (Å²) in [5.41, 5.74) is 3.41. The first-order chi connectivity index (χ1) is 15.2. The molecule has 0 saturated heterocycles. The number of Topliss-reactive ketones (excluding diaryl/α,β-unsaturated/α-hetero) is 1. The Hall–Kier alpha value is -3.15. The first kappa shape index (κ1) is 22.1. The van der Waals surface area contributed by atoms with Gasteiger partial charge in [0.15, 0.2) is 17.2 Å². The van der Waals surface area contributed by atoms with Crippen LogP contribution in [0.2, 0.25) is 0 Å². The predicted octanol–water partition coefficient (Wildman–Crippen LogP) is 4.91. The van der Waals surface area contributed by atoms with Crippen LogP contribution in [0.5, 0.6) is 5.75 Å². The molecule has 32 heavy (non-hydrogen) atoms. The van der Waals surface area contributed by atoms with Gasteiger partial charge in [0.2, 0.25) is 0 Å². The summed E-state index contributed by atoms with van der Waals surface area (Å²) in [4.78, 5) is 31.2. The summed E-state index contributed by atoms with van der Waals surface area (Å²) in [7, 11) is 0. The number of nitrogens with zero attached hydrogens (tertiary/aromatic N) is 2. The van der Waals surface area contributed by atoms with E-state index in [2.05, 4.69) is 4.98 Å². The quantitative estimate of drug-likeness (QED) is 0.407. The van der Waals surface area contributed by atoms with Gasteiger partial charge in [0.1, 0.15) is 11.3 Å². The second-order valence-electron chi connectivity index (χ2n) is 9.32. The minimum absolute atomic E-state index is 0.0427. The lowest BCUT2D eigenvalue weighted by Crippen LogP contribution is -2.31. The molecule has 0 unspecified atom stereocenters. The molecular formula is C26H30N2O4. The van der Waals surface area contributed by atoms with E-state index in [1.807, 2.05) is 77.2 Å². The maximum atomic E-state index is 13.6. The van der Waals surface area contributed by atoms with Crippen LogP contribution in [0.3, 0.4) is 0 Å². The van der Waals surface area contributed by atoms with Gasteiger partial charge in [-0.15, -0.1) is 0 Å². The number of carbonyl (C=O) groups excluding carboxylic acids is 2. The van der Waals surface area contributed by atoms with Gasteiger partial charge in [0.05, 0.1) is 18.2 Å². The van der Waals surface area contributed by atoms with Gasteiger partial charge in [-0.25, -0.2) is 4.98 Å². The average molecular weight is 435 g/mol. The Balaban J connectivity index is 1.68. The molecule has 0 saturated carbocycles. The molecule has 1 aliphatic carbocycles. The summed E-state index contributed by atoms with van der Waals surface area (Å²) in [6, 6.07) is 11.7. The summed E-state index contributed by atoms with van der Waals surface area (Å²) in [5.74, 6) is -0.253. The number of pyridine rings is 1. The Labute approximate surface area is 188 Å². The SMILES string of the molecule is CCOc1cccn2c(C(=O)C[C@@H]3c4ccccc4C[C@H]3C(=O)OC(C)(C)C)c(C)nc12. The number of imidazole rings is 1. The first-order valence-electron chi connectivity index (χ1n) is 11.1. The molecule has 0 N–H and O–H groups in total. The molecule has 0 fully saturated rings. The molecule has 0 radical (unpaired) electrons. The summed E-state index contributed by atoms with van der Waals surface area (Å²) < 4.78 is 13.2. The highest BCUT2D eigenvalue weighted by Gasteiger charge is 2.41. The molecule has 6 nitrogen and oxygen atoms in total. The molecule has 4 rings (SSSR count). The number of esters is 1. The third-order valence-corrected chi connectivity index (χ3v) is 5.85. The van der Waals surface area contributed by atoms with E-state index in [1.165, 1.54) is 0 Å². The fourth-order valence-corrected chi connectivity index (χ4v) is 4.61. The second-order valence-corrected chi connectivity index (χ2v) is 9.32. The molecule has 0 amide bonds. The Morgan fingerprint density at radius 2 is 1.91 bits per heavy atom. The number of carbonyl (C=O) groups is 2. The van der Waals surface area contributed by atoms with Crippen molar-refractivity contribution in [1.29, 1.82) is 0 Å². The first-order valence-corrected chi connectivity index (χ1v) is 11.1. The van der Waals surface area contributed by atoms with E-state index in [0.29, 0.717) is 35.8 Å². The van der Waals surface area contributed by atoms with Gasteiger partial charge >= 0.3 is 5.97 Å². The van der Waals surface area contributed by atoms with Crippen molar-refractivity contribution in [3.05, 3.63) is 65.1 Å². The highest BCUT2D eigenvalue weighted by molar-refractivity contribution is 5.97. The zero-order valence-corrected chi connectivity index (χ0v) is 19.3. The largest absolute Gasteiger partial charge is 0.490 e. The van der Waals surface area contributed by atoms with Gasteiger partial charge in [0.25, 0.3) is 0 Å². The van der Waals surface area contributed by atoms with Crippen LogP contribution in [-0.4, -0.2) is 33.3 Å². The average Bonchev–Trinajstić information content (AvgIpc) is 3.25. The molecular weight excluding hydrogens is 404 g/mol. The number of aryl methyl sites for hydroxylation is 1. The van der Waals surface area contributed by atoms with Crippen LogP contribution in [0, 0.1) is 12.8 Å². The fraction of sp³-hybridized carbons (Fsp3) is 0.423. The monoisotopic (exact) mass is 434 g/mol. The molecule has 2 atom stereocenters. The van der Waals surface area contributed by atoms with Gasteiger partial charge < -0.3 is 9.47 Å². The van der Waals surface area contributed by atoms with Crippen LogP contribution in [-0.2, 0) is 16.0 Å². The number of ether oxygens (including phenoxy) is 2. The van der Waals surface area contributed by atoms with Crippen LogP contribution < -0.4 is 4.74 Å². The van der Waals surface area contributed by atoms with Crippen molar-refractivity contribution in [2.24, 2.45) is 5.92 Å². The van der Waals surface area contributed by atoms with Gasteiger partial charge in [-0.05, 0) is 64.3 Å². The number of rotatable bonds is 6. The Bertz CT molecular complexity index is 1170. The maximum absolute atomic E-state index is 13.6. The number of fused-ring (bicyclic) bond motifs is 2. The predicted molar refractivity (Wildman–Crippen MR) is 122 cm³/mol. The third kappa shape index (κ3) is 4.14. The summed E-state index contributed by atoms with van der Waals surface area (Å²) in [6.45, 7) is 9.87. The zero-order valence-electron chi connectivity index (χ0n) is 19.3. The lowest BCUT2D eigenvalue weighted by Gasteiger charge is -2.25. The van der Waals surface area contributed by atoms with Gasteiger partial charge in [-0.1, -0.05) is 24.3 Å². The van der Waals surface area contributed by atoms with Crippen molar-refractivity contribution in [2.45, 2.75) is 59.0 Å². The van der Waals surface area contributed by atoms with Crippen LogP contribution in [0.1, 0.15) is 67.3 Å². The highest BCUT2D eigenvalue weighted by atomic mass is 16.6. The van der Waals surface area contributed by atoms with Crippen LogP contribution in [0.15, 0.2) is 42.6 Å². The summed E-state index contributed by atoms with van der Waals surface area (Å²) >= 11 is 0. The molecule has 1 aromatic carbocycles. The Morgan fingerprint density at radius 1 is 1.16 bits per heavy atom. The number of benzene rings is 1. The van der Waals surface area contributed by atoms with Crippen molar-refractivity contribution < 1.29 is 19.1 Å². The Morgan fingerprint density at radius 3 is 2.62 bits per heavy atom. The highest BCUT2D eigenvalue weighted by Crippen LogP contribution is 2.42. The molecule has 168 valence electrons. The van der Waals surface area contributed by atoms with E-state index in [1.54, 1.807) is 4.40 Å². The van der Waals surface area contributed by atoms with Crippen LogP contribution in [0.25, 0.3) is 5.65 Å². The van der Waals surface area contributed by atoms with E-state index in [-0.39, 0.29) is 30.0 Å². The van der Waals surface area contributed by atoms with Gasteiger partial charge in [0, 0.05) is 18.5 Å². The van der Waals surface area contributed by atoms with Crippen molar-refractivity contribution >= 4 is 17.4 Å². The topological polar surface area (TPSA) is 69.9 Å². The van der Waals surface area contributed by atoms with Crippen LogP contribution in [0.4, 0.5) is 0 Å². The smallest absolute Gasteiger partial charge is 0.310 e. The van der Waals surface area contributed by atoms with E-state index in [4.69, 9.17) is 9.47 Å². The fourth-order valence-electron chi connectivity index (χ4n) is 4.61. The molecule has 0 spiro atoms. The molecule has 0 bridgehead atoms. The minimum atomic E-state index is -0.575. The maximum Gasteiger partial charge on any atom is 0.310 e. The van der Waals surface area contributed by atoms with Crippen molar-refractivity contribution in [2.75, 3.05) is 6.61 Å². The van der Waals surface area contributed by atoms with E-state index < -0.39 is 5.60 Å². The molecule has 2 aromatic heterocycles. The standard InChI is InChI=1S/C26H30N2O4/c1-6-31-22-12-9-13-28-23(16(2)27-24(22)28)21(29)15-19-18-11-8-7-10-17(18)14-20(19)25(30)32-26(3,4)5/h7-13,19-20H,6,14-15H2,1-5H3/t19-,20-/m1/s1. The molecule has 6 heteroatoms. The van der Waals surface area contributed by atoms with E-state index in [9.17, 15) is 9.59 Å². The van der Waals surface area contributed by atoms with Crippen molar-refractivity contribution in [3.63, 3.8) is 0 Å².